The van der Waals surface area contributed by atoms with Gasteiger partial charge >= 0.3 is 1260 Å². The van der Waals surface area contributed by atoms with Crippen LogP contribution in [0.3, 0.4) is 0 Å². The van der Waals surface area contributed by atoms with Crippen molar-refractivity contribution in [2.45, 2.75) is 6.92 Å². The van der Waals surface area contributed by atoms with Crippen LogP contribution < -0.4 is 56.7 Å². The van der Waals surface area contributed by atoms with Gasteiger partial charge in [0.05, 0.1) is 22.5 Å². The topological polar surface area (TPSA) is 104 Å². The summed E-state index contributed by atoms with van der Waals surface area (Å²) in [5.74, 6) is -0.630. The molecular formula is C24H21FK39N7O2. The van der Waals surface area contributed by atoms with Crippen LogP contribution in [0.15, 0.2) is 61.2 Å². The Morgan fingerprint density at radius 3 is 1.29 bits per heavy atom. The first-order valence-electron chi connectivity index (χ1n) is 29.4. The van der Waals surface area contributed by atoms with Gasteiger partial charge in [-0.05, 0) is 36.2 Å². The van der Waals surface area contributed by atoms with Crippen LogP contribution in [0, 0.1) is 22.9 Å². The second-order valence-electron chi connectivity index (χ2n) is 8.05. The molecule has 0 bridgehead atoms. The fourth-order valence-corrected chi connectivity index (χ4v) is 3.96. The molecule has 73 heavy (non-hydrogen) atoms. The van der Waals surface area contributed by atoms with E-state index in [0.717, 1.165) is 39.7 Å². The van der Waals surface area contributed by atoms with Gasteiger partial charge in [0.1, 0.15) is 0 Å². The number of nitro groups is 1. The van der Waals surface area contributed by atoms with Crippen molar-refractivity contribution in [1.82, 2.24) is 24.3 Å². The van der Waals surface area contributed by atoms with Gasteiger partial charge in [0.25, 0.3) is 0 Å². The summed E-state index contributed by atoms with van der Waals surface area (Å²) < 4.78 is 17.7. The molecule has 0 fully saturated rings. The van der Waals surface area contributed by atoms with Gasteiger partial charge in [-0.15, -0.1) is 0 Å². The number of nitrogens with one attached hydrogen (secondary N) is 1. The van der Waals surface area contributed by atoms with Crippen LogP contribution in [0.2, 0.25) is 0 Å². The van der Waals surface area contributed by atoms with Crippen molar-refractivity contribution in [3.63, 3.8) is 0 Å². The molecule has 0 amide bonds. The maximum absolute atomic E-state index is 13.9. The third-order valence-electron chi connectivity index (χ3n) is 5.70. The second-order valence-corrected chi connectivity index (χ2v) is 8.05. The molecule has 5 aromatic rings. The summed E-state index contributed by atoms with van der Waals surface area (Å²) in [5, 5.41) is 19.4. The molecule has 0 aliphatic carbocycles. The number of aromatic nitrogens is 5. The molecule has 0 aliphatic heterocycles. The van der Waals surface area contributed by atoms with Gasteiger partial charge in [0.2, 0.25) is 11.8 Å². The molecule has 0 saturated heterocycles. The zero-order valence-corrected chi connectivity index (χ0v) is 179. The van der Waals surface area contributed by atoms with Crippen molar-refractivity contribution < 1.29 is 62.1 Å². The van der Waals surface area contributed by atoms with Gasteiger partial charge < -0.3 is 11.3 Å². The van der Waals surface area contributed by atoms with E-state index in [1.165, 1.54) is 1200 Å². The fraction of sp³-hybridized carbons (Fsp3) is 0.125. The number of hydrogen-bond donors (Lipinski definition) is 1. The number of rotatable bonds is 5. The molecule has 0 unspecified atom stereocenters. The van der Waals surface area contributed by atoms with E-state index in [4.69, 9.17) is 0 Å². The number of aryl methyl sites for hydroxylation is 3. The summed E-state index contributed by atoms with van der Waals surface area (Å²) in [6.07, 6.45) is 7.41. The molecule has 3 aromatic heterocycles. The Kier molecular flexibility index (Phi) is 387. The third kappa shape index (κ3) is 120. The number of nitro benzene ring substituents is 1. The van der Waals surface area contributed by atoms with Crippen LogP contribution in [-0.4, -0.2) is 1230 Å². The maximum atomic E-state index is 13.9. The van der Waals surface area contributed by atoms with Crippen molar-refractivity contribution in [1.29, 1.82) is 0 Å². The van der Waals surface area contributed by atoms with Gasteiger partial charge in [0, 0.05) is 60.8 Å². The predicted molar refractivity (Wildman–Crippen MR) is 347 cm³/mol. The Labute approximate surface area is 1350 Å². The SMILES string of the molecule is Cc1cc(F)c([N+](=O)[O-])cc1Nc1nccc(-c2cn(C)c3cc(-c4cnn(C)c4)ccc23)n1.[H-].[K+].[K][K].[K][K].[K][K].[K][K].[K][K].[K][K].[K][K].[K][K].[K][K].[K][K].[K][K].[K][K].[K][K].[K][K].[K][K].[K][K].[K][K].[K][K].[K][K]. The number of halogens is 1. The van der Waals surface area contributed by atoms with Crippen molar-refractivity contribution in [2.24, 2.45) is 14.1 Å². The molecule has 3 heterocycles. The summed E-state index contributed by atoms with van der Waals surface area (Å²) in [4.78, 5) is 19.2. The fourth-order valence-electron chi connectivity index (χ4n) is 3.96. The quantitative estimate of drug-likeness (QED) is 0.107. The van der Waals surface area contributed by atoms with Gasteiger partial charge in [-0.1, -0.05) is 12.1 Å². The Balaban J connectivity index is -0.0000000461. The van der Waals surface area contributed by atoms with E-state index < -0.39 is 16.4 Å². The van der Waals surface area contributed by atoms with Crippen molar-refractivity contribution in [2.75, 3.05) is 5.32 Å². The van der Waals surface area contributed by atoms with E-state index in [1.54, 1.807) is 23.9 Å². The van der Waals surface area contributed by atoms with Gasteiger partial charge in [0.15, 0.2) is 0 Å². The van der Waals surface area contributed by atoms with Gasteiger partial charge in [-0.25, -0.2) is 9.97 Å². The normalized spacial score (nSPS) is 7.29. The number of hydrogen-bond acceptors (Lipinski definition) is 6. The second kappa shape index (κ2) is 168. The van der Waals surface area contributed by atoms with E-state index in [9.17, 15) is 14.5 Å². The predicted octanol–water partition coefficient (Wildman–Crippen LogP) is -12.2. The first-order valence-corrected chi connectivity index (χ1v) is 333. The molecular weight excluding hydrogens is 1960 g/mol. The zero-order valence-electron chi connectivity index (χ0n) is 58.7. The van der Waals surface area contributed by atoms with Crippen LogP contribution in [0.1, 0.15) is 6.99 Å². The molecule has 1 N–H and O–H groups in total. The minimum atomic E-state index is -0.885. The van der Waals surface area contributed by atoms with Crippen LogP contribution in [-0.2, 0) is 14.1 Å². The summed E-state index contributed by atoms with van der Waals surface area (Å²) in [7, 11) is 3.86. The molecule has 2 aromatic carbocycles. The van der Waals surface area contributed by atoms with E-state index in [-0.39, 0.29) is 58.8 Å². The van der Waals surface area contributed by atoms with E-state index in [1.807, 2.05) is 43.3 Å². The molecule has 0 aliphatic rings. The Morgan fingerprint density at radius 1 is 0.562 bits per heavy atom. The van der Waals surface area contributed by atoms with E-state index in [0.29, 0.717) is 16.9 Å². The van der Waals surface area contributed by atoms with Crippen LogP contribution >= 0.6 is 0 Å². The molecule has 9 nitrogen and oxygen atoms in total. The number of benzene rings is 2. The molecule has 0 radical (unpaired) electrons. The summed E-state index contributed by atoms with van der Waals surface area (Å²) >= 11 is 47.5. The standard InChI is InChI=1S/C24H20FN7O2.39K.H/c1-14-8-19(25)23(32(33)34)10-21(14)29-24-26-7-6-20(28-24)18-13-30(2)22-9-15(4-5-17(18)22)16-11-27-31(3)12-16;;;;;;;;;;;;;;;;;;;;;;;;;;;;;;;;;;;;;;;;/h4-13H,1-3H3,(H,26,28,29);;;;;;;;;;;;;;;;;;;;;;;;;;;;;;;;;;;;;;;;/q;;;;;;;;;;;;;;;;;;;;;;;;;;;;;;;;;;;;;;;+1;-1. The molecule has 0 saturated carbocycles. The van der Waals surface area contributed by atoms with Crippen molar-refractivity contribution >= 4 is 1230 Å². The minimum absolute atomic E-state index is 0. The van der Waals surface area contributed by atoms with Gasteiger partial charge in [-0.2, -0.15) is 9.49 Å². The third-order valence-corrected chi connectivity index (χ3v) is 5.70. The Morgan fingerprint density at radius 2 is 0.945 bits per heavy atom. The van der Waals surface area contributed by atoms with Gasteiger partial charge in [-0.3, -0.25) is 14.8 Å². The monoisotopic (exact) mass is 1980 g/mol. The van der Waals surface area contributed by atoms with Crippen LogP contribution in [0.25, 0.3) is 33.3 Å². The van der Waals surface area contributed by atoms with Crippen LogP contribution in [0.4, 0.5) is 21.7 Å². The van der Waals surface area contributed by atoms with Crippen molar-refractivity contribution in [3.05, 3.63) is 82.7 Å². The first kappa shape index (κ1) is 169. The Bertz CT molecular complexity index is 1650. The van der Waals surface area contributed by atoms with Crippen LogP contribution in [0.5, 0.6) is 0 Å². The molecule has 49 heteroatoms. The summed E-state index contributed by atoms with van der Waals surface area (Å²) in [6.45, 7) is 1.66. The molecule has 210 valence electrons. The van der Waals surface area contributed by atoms with Crippen molar-refractivity contribution in [3.8, 4) is 22.4 Å². The zero-order chi connectivity index (χ0) is 62.0. The first-order chi connectivity index (χ1) is 35.3. The van der Waals surface area contributed by atoms with E-state index >= 15 is 0 Å². The van der Waals surface area contributed by atoms with E-state index in [2.05, 4.69) is 32.5 Å². The average molecular weight is 1980 g/mol. The summed E-state index contributed by atoms with van der Waals surface area (Å²) in [5.41, 5.74) is 5.00. The average Bonchev–Trinajstić information content (AvgIpc) is 4.11. The molecule has 0 spiro atoms. The number of nitrogens with zero attached hydrogens (tertiary/aromatic N) is 6. The Hall–Kier alpha value is 59.2. The number of anilines is 2. The molecule has 5 rings (SSSR count). The number of fused-ring (bicyclic) bond motifs is 1. The molecule has 0 atom stereocenters. The summed E-state index contributed by atoms with van der Waals surface area (Å²) in [6, 6.07) is 10.3.